The van der Waals surface area contributed by atoms with Crippen LogP contribution in [0.1, 0.15) is 27.7 Å². The Kier molecular flexibility index (Phi) is 8.96. The van der Waals surface area contributed by atoms with Crippen LogP contribution in [0.15, 0.2) is 40.4 Å². The van der Waals surface area contributed by atoms with E-state index >= 15 is 0 Å². The quantitative estimate of drug-likeness (QED) is 0.516. The number of carbonyl (C=O) groups is 1. The molecule has 31 heavy (non-hydrogen) atoms. The van der Waals surface area contributed by atoms with Crippen molar-refractivity contribution in [1.29, 1.82) is 0 Å². The van der Waals surface area contributed by atoms with E-state index in [0.29, 0.717) is 25.3 Å². The maximum atomic E-state index is 12.7. The number of pyridine rings is 1. The van der Waals surface area contributed by atoms with Crippen LogP contribution in [-0.4, -0.2) is 70.6 Å². The summed E-state index contributed by atoms with van der Waals surface area (Å²) in [6.07, 6.45) is 4.48. The first-order valence-electron chi connectivity index (χ1n) is 10.5. The molecule has 2 rings (SSSR count). The van der Waals surface area contributed by atoms with Crippen molar-refractivity contribution in [3.05, 3.63) is 41.1 Å². The molecular formula is C20H32N6O4S. The predicted molar refractivity (Wildman–Crippen MR) is 119 cm³/mol. The van der Waals surface area contributed by atoms with Gasteiger partial charge in [-0.05, 0) is 19.2 Å². The van der Waals surface area contributed by atoms with Crippen LogP contribution in [0.2, 0.25) is 0 Å². The molecule has 0 bridgehead atoms. The monoisotopic (exact) mass is 452 g/mol. The number of anilines is 1. The van der Waals surface area contributed by atoms with E-state index in [1.807, 2.05) is 0 Å². The number of aromatic nitrogens is 3. The topological polar surface area (TPSA) is 110 Å². The second-order valence-electron chi connectivity index (χ2n) is 6.99. The molecular weight excluding hydrogens is 420 g/mol. The van der Waals surface area contributed by atoms with E-state index in [9.17, 15) is 18.0 Å². The van der Waals surface area contributed by atoms with E-state index in [1.165, 1.54) is 16.6 Å². The standard InChI is InChI=1S/C20H32N6O4S/c1-5-23(6-2)11-12-25-14-17(13-21-25)22-19(27)16-24-15-18(9-10-20(24)28)31(29,30)26(7-3)8-4/h9-10,13-15H,5-8,11-12,16H2,1-4H3,(H,22,27). The fourth-order valence-corrected chi connectivity index (χ4v) is 4.67. The van der Waals surface area contributed by atoms with Crippen LogP contribution in [-0.2, 0) is 27.9 Å². The lowest BCUT2D eigenvalue weighted by Gasteiger charge is -2.19. The van der Waals surface area contributed by atoms with Gasteiger partial charge >= 0.3 is 0 Å². The molecule has 0 aromatic carbocycles. The molecule has 10 nitrogen and oxygen atoms in total. The normalized spacial score (nSPS) is 11.9. The van der Waals surface area contributed by atoms with Crippen LogP contribution in [0.3, 0.4) is 0 Å². The predicted octanol–water partition coefficient (Wildman–Crippen LogP) is 1.06. The van der Waals surface area contributed by atoms with Gasteiger partial charge in [0.1, 0.15) is 6.54 Å². The highest BCUT2D eigenvalue weighted by Crippen LogP contribution is 2.14. The van der Waals surface area contributed by atoms with Gasteiger partial charge in [0.2, 0.25) is 15.9 Å². The van der Waals surface area contributed by atoms with Crippen LogP contribution in [0.5, 0.6) is 0 Å². The molecule has 172 valence electrons. The Labute approximate surface area is 183 Å². The van der Waals surface area contributed by atoms with Crippen molar-refractivity contribution in [3.8, 4) is 0 Å². The van der Waals surface area contributed by atoms with Crippen molar-refractivity contribution < 1.29 is 13.2 Å². The zero-order valence-electron chi connectivity index (χ0n) is 18.6. The highest BCUT2D eigenvalue weighted by molar-refractivity contribution is 7.89. The van der Waals surface area contributed by atoms with E-state index in [-0.39, 0.29) is 11.4 Å². The van der Waals surface area contributed by atoms with Gasteiger partial charge in [-0.2, -0.15) is 9.40 Å². The zero-order valence-corrected chi connectivity index (χ0v) is 19.4. The third-order valence-corrected chi connectivity index (χ3v) is 7.10. The lowest BCUT2D eigenvalue weighted by Crippen LogP contribution is -2.33. The van der Waals surface area contributed by atoms with Gasteiger partial charge < -0.3 is 14.8 Å². The van der Waals surface area contributed by atoms with Gasteiger partial charge in [0.25, 0.3) is 5.56 Å². The summed E-state index contributed by atoms with van der Waals surface area (Å²) in [6.45, 7) is 11.5. The minimum absolute atomic E-state index is 0.0205. The molecule has 0 fully saturated rings. The molecule has 0 aliphatic carbocycles. The number of nitrogens with one attached hydrogen (secondary N) is 1. The van der Waals surface area contributed by atoms with Crippen LogP contribution >= 0.6 is 0 Å². The first-order valence-corrected chi connectivity index (χ1v) is 11.9. The van der Waals surface area contributed by atoms with Gasteiger partial charge in [-0.15, -0.1) is 0 Å². The molecule has 0 spiro atoms. The molecule has 0 unspecified atom stereocenters. The molecule has 2 aromatic heterocycles. The third kappa shape index (κ3) is 6.49. The van der Waals surface area contributed by atoms with Gasteiger partial charge in [0.15, 0.2) is 0 Å². The van der Waals surface area contributed by atoms with Gasteiger partial charge in [0, 0.05) is 38.1 Å². The number of rotatable bonds is 12. The van der Waals surface area contributed by atoms with Crippen molar-refractivity contribution in [1.82, 2.24) is 23.6 Å². The summed E-state index contributed by atoms with van der Waals surface area (Å²) in [5.41, 5.74) is 0.0630. The Morgan fingerprint density at radius 3 is 2.35 bits per heavy atom. The van der Waals surface area contributed by atoms with E-state index in [1.54, 1.807) is 30.9 Å². The summed E-state index contributed by atoms with van der Waals surface area (Å²) in [6, 6.07) is 2.43. The SMILES string of the molecule is CCN(CC)CCn1cc(NC(=O)Cn2cc(S(=O)(=O)N(CC)CC)ccc2=O)cn1. The Morgan fingerprint density at radius 2 is 1.74 bits per heavy atom. The fraction of sp³-hybridized carbons (Fsp3) is 0.550. The number of nitrogens with zero attached hydrogens (tertiary/aromatic N) is 5. The second kappa shape index (κ2) is 11.2. The highest BCUT2D eigenvalue weighted by atomic mass is 32.2. The average molecular weight is 453 g/mol. The minimum Gasteiger partial charge on any atom is -0.322 e. The molecule has 0 radical (unpaired) electrons. The molecule has 0 saturated carbocycles. The summed E-state index contributed by atoms with van der Waals surface area (Å²) in [7, 11) is -3.73. The van der Waals surface area contributed by atoms with E-state index in [2.05, 4.69) is 29.2 Å². The number of amides is 1. The summed E-state index contributed by atoms with van der Waals surface area (Å²) < 4.78 is 29.5. The number of sulfonamides is 1. The van der Waals surface area contributed by atoms with Gasteiger partial charge in [-0.25, -0.2) is 8.42 Å². The lowest BCUT2D eigenvalue weighted by molar-refractivity contribution is -0.116. The van der Waals surface area contributed by atoms with E-state index < -0.39 is 21.5 Å². The highest BCUT2D eigenvalue weighted by Gasteiger charge is 2.22. The molecule has 1 N–H and O–H groups in total. The van der Waals surface area contributed by atoms with Gasteiger partial charge in [-0.1, -0.05) is 27.7 Å². The average Bonchev–Trinajstić information content (AvgIpc) is 3.18. The Morgan fingerprint density at radius 1 is 1.06 bits per heavy atom. The maximum Gasteiger partial charge on any atom is 0.251 e. The molecule has 11 heteroatoms. The molecule has 0 aliphatic rings. The van der Waals surface area contributed by atoms with E-state index in [4.69, 9.17) is 0 Å². The second-order valence-corrected chi connectivity index (χ2v) is 8.93. The first kappa shape index (κ1) is 24.8. The number of hydrogen-bond acceptors (Lipinski definition) is 6. The smallest absolute Gasteiger partial charge is 0.251 e. The number of carbonyl (C=O) groups excluding carboxylic acids is 1. The first-order chi connectivity index (χ1) is 14.7. The molecule has 0 atom stereocenters. The summed E-state index contributed by atoms with van der Waals surface area (Å²) in [5, 5.41) is 6.94. The summed E-state index contributed by atoms with van der Waals surface area (Å²) >= 11 is 0. The molecule has 0 saturated heterocycles. The largest absolute Gasteiger partial charge is 0.322 e. The van der Waals surface area contributed by atoms with Crippen molar-refractivity contribution >= 4 is 21.6 Å². The molecule has 1 amide bonds. The zero-order chi connectivity index (χ0) is 23.0. The van der Waals surface area contributed by atoms with Gasteiger partial charge in [0.05, 0.1) is 23.3 Å². The van der Waals surface area contributed by atoms with Crippen LogP contribution in [0, 0.1) is 0 Å². The Bertz CT molecular complexity index is 1020. The summed E-state index contributed by atoms with van der Waals surface area (Å²) in [4.78, 5) is 26.8. The van der Waals surface area contributed by atoms with Crippen LogP contribution < -0.4 is 10.9 Å². The Hall–Kier alpha value is -2.50. The van der Waals surface area contributed by atoms with Crippen LogP contribution in [0.4, 0.5) is 5.69 Å². The van der Waals surface area contributed by atoms with Crippen molar-refractivity contribution in [2.75, 3.05) is 38.0 Å². The van der Waals surface area contributed by atoms with Crippen molar-refractivity contribution in [2.24, 2.45) is 0 Å². The molecule has 2 aromatic rings. The number of hydrogen-bond donors (Lipinski definition) is 1. The number of likely N-dealkylation sites (N-methyl/N-ethyl adjacent to an activating group) is 1. The van der Waals surface area contributed by atoms with Gasteiger partial charge in [-0.3, -0.25) is 14.3 Å². The van der Waals surface area contributed by atoms with Crippen molar-refractivity contribution in [2.45, 2.75) is 45.7 Å². The third-order valence-electron chi connectivity index (χ3n) is 5.07. The van der Waals surface area contributed by atoms with E-state index in [0.717, 1.165) is 30.3 Å². The van der Waals surface area contributed by atoms with Crippen molar-refractivity contribution in [3.63, 3.8) is 0 Å². The maximum absolute atomic E-state index is 12.7. The summed E-state index contributed by atoms with van der Waals surface area (Å²) in [5.74, 6) is -0.442. The Balaban J connectivity index is 2.07. The van der Waals surface area contributed by atoms with Crippen LogP contribution in [0.25, 0.3) is 0 Å². The lowest BCUT2D eigenvalue weighted by atomic mass is 10.4. The minimum atomic E-state index is -3.73. The molecule has 0 aliphatic heterocycles. The fourth-order valence-electron chi connectivity index (χ4n) is 3.19. The molecule has 2 heterocycles.